The average molecular weight is 336 g/mol. The number of nitrogens with zero attached hydrogens (tertiary/aromatic N) is 4. The van der Waals surface area contributed by atoms with Crippen LogP contribution in [0.5, 0.6) is 0 Å². The van der Waals surface area contributed by atoms with Crippen molar-refractivity contribution < 1.29 is 12.9 Å². The minimum Gasteiger partial charge on any atom is -0.360 e. The van der Waals surface area contributed by atoms with Crippen molar-refractivity contribution in [2.24, 2.45) is 0 Å². The molecule has 0 aromatic carbocycles. The minimum atomic E-state index is -3.68. The maximum Gasteiger partial charge on any atom is 0.249 e. The number of aromatic nitrogens is 3. The molecule has 2 aromatic rings. The summed E-state index contributed by atoms with van der Waals surface area (Å²) in [7, 11) is -3.68. The third kappa shape index (κ3) is 2.76. The summed E-state index contributed by atoms with van der Waals surface area (Å²) in [4.78, 5) is 8.51. The molecule has 1 unspecified atom stereocenters. The Labute approximate surface area is 135 Å². The van der Waals surface area contributed by atoms with Crippen LogP contribution < -0.4 is 0 Å². The van der Waals surface area contributed by atoms with Gasteiger partial charge in [-0.15, -0.1) is 0 Å². The highest BCUT2D eigenvalue weighted by Crippen LogP contribution is 2.36. The molecule has 124 valence electrons. The van der Waals surface area contributed by atoms with Crippen LogP contribution in [0.25, 0.3) is 0 Å². The van der Waals surface area contributed by atoms with Crippen LogP contribution >= 0.6 is 0 Å². The first-order valence-corrected chi connectivity index (χ1v) is 9.08. The molecule has 3 rings (SSSR count). The van der Waals surface area contributed by atoms with Crippen molar-refractivity contribution >= 4 is 10.0 Å². The Bertz CT molecular complexity index is 796. The fourth-order valence-corrected chi connectivity index (χ4v) is 5.14. The first-order chi connectivity index (χ1) is 10.9. The van der Waals surface area contributed by atoms with E-state index in [1.165, 1.54) is 6.33 Å². The molecule has 0 radical (unpaired) electrons. The topological polar surface area (TPSA) is 89.2 Å². The lowest BCUT2D eigenvalue weighted by atomic mass is 9.99. The van der Waals surface area contributed by atoms with Crippen LogP contribution in [0.2, 0.25) is 0 Å². The third-order valence-electron chi connectivity index (χ3n) is 4.24. The van der Waals surface area contributed by atoms with Crippen molar-refractivity contribution in [3.63, 3.8) is 0 Å². The van der Waals surface area contributed by atoms with Crippen LogP contribution in [0.3, 0.4) is 0 Å². The van der Waals surface area contributed by atoms with Gasteiger partial charge >= 0.3 is 0 Å². The van der Waals surface area contributed by atoms with E-state index in [1.54, 1.807) is 24.3 Å². The first kappa shape index (κ1) is 16.1. The Morgan fingerprint density at radius 1 is 1.26 bits per heavy atom. The number of hydrogen-bond acceptors (Lipinski definition) is 6. The highest BCUT2D eigenvalue weighted by atomic mass is 32.2. The summed E-state index contributed by atoms with van der Waals surface area (Å²) in [5.41, 5.74) is 2.07. The number of aryl methyl sites for hydroxylation is 3. The molecule has 0 N–H and O–H groups in total. The van der Waals surface area contributed by atoms with E-state index in [4.69, 9.17) is 4.52 Å². The van der Waals surface area contributed by atoms with Crippen molar-refractivity contribution in [1.82, 2.24) is 19.4 Å². The Morgan fingerprint density at radius 2 is 2.04 bits per heavy atom. The van der Waals surface area contributed by atoms with Gasteiger partial charge in [-0.05, 0) is 39.2 Å². The molecule has 1 aliphatic rings. The van der Waals surface area contributed by atoms with Crippen LogP contribution in [0.4, 0.5) is 0 Å². The van der Waals surface area contributed by atoms with E-state index < -0.39 is 10.0 Å². The molecule has 2 aromatic heterocycles. The van der Waals surface area contributed by atoms with Gasteiger partial charge in [-0.25, -0.2) is 18.4 Å². The van der Waals surface area contributed by atoms with E-state index in [1.807, 2.05) is 6.92 Å². The third-order valence-corrected chi connectivity index (χ3v) is 6.39. The van der Waals surface area contributed by atoms with Crippen molar-refractivity contribution in [2.75, 3.05) is 6.54 Å². The molecule has 0 amide bonds. The van der Waals surface area contributed by atoms with Gasteiger partial charge in [0.05, 0.1) is 11.7 Å². The highest BCUT2D eigenvalue weighted by Gasteiger charge is 2.38. The zero-order valence-electron chi connectivity index (χ0n) is 13.5. The van der Waals surface area contributed by atoms with Gasteiger partial charge in [0.1, 0.15) is 16.9 Å². The summed E-state index contributed by atoms with van der Waals surface area (Å²) < 4.78 is 32.9. The molecule has 23 heavy (non-hydrogen) atoms. The van der Waals surface area contributed by atoms with E-state index in [-0.39, 0.29) is 10.9 Å². The van der Waals surface area contributed by atoms with Gasteiger partial charge in [-0.3, -0.25) is 0 Å². The molecule has 7 nitrogen and oxygen atoms in total. The number of hydrogen-bond donors (Lipinski definition) is 0. The van der Waals surface area contributed by atoms with E-state index in [2.05, 4.69) is 15.1 Å². The predicted molar refractivity (Wildman–Crippen MR) is 83.2 cm³/mol. The van der Waals surface area contributed by atoms with Gasteiger partial charge in [0, 0.05) is 12.7 Å². The van der Waals surface area contributed by atoms with Gasteiger partial charge in [0.15, 0.2) is 5.76 Å². The van der Waals surface area contributed by atoms with Crippen LogP contribution in [-0.4, -0.2) is 34.4 Å². The summed E-state index contributed by atoms with van der Waals surface area (Å²) >= 11 is 0. The van der Waals surface area contributed by atoms with E-state index in [0.29, 0.717) is 18.0 Å². The van der Waals surface area contributed by atoms with Gasteiger partial charge in [-0.2, -0.15) is 4.31 Å². The second kappa shape index (κ2) is 6.01. The summed E-state index contributed by atoms with van der Waals surface area (Å²) in [6, 6.07) is -0.273. The zero-order chi connectivity index (χ0) is 16.6. The van der Waals surface area contributed by atoms with Gasteiger partial charge < -0.3 is 4.52 Å². The van der Waals surface area contributed by atoms with E-state index in [0.717, 1.165) is 30.5 Å². The molecule has 0 saturated carbocycles. The second-order valence-electron chi connectivity index (χ2n) is 5.87. The molecule has 1 atom stereocenters. The summed E-state index contributed by atoms with van der Waals surface area (Å²) in [5, 5.41) is 3.79. The predicted octanol–water partition coefficient (Wildman–Crippen LogP) is 2.31. The molecule has 0 aliphatic carbocycles. The fourth-order valence-electron chi connectivity index (χ4n) is 3.18. The Balaban J connectivity index is 2.07. The van der Waals surface area contributed by atoms with Crippen molar-refractivity contribution in [1.29, 1.82) is 0 Å². The van der Waals surface area contributed by atoms with Gasteiger partial charge in [-0.1, -0.05) is 11.6 Å². The SMILES string of the molecule is Cc1cncnc1C1CCCCN1S(=O)(=O)c1c(C)noc1C. The summed E-state index contributed by atoms with van der Waals surface area (Å²) in [5.74, 6) is 0.325. The Hall–Kier alpha value is -1.80. The maximum absolute atomic E-state index is 13.2. The average Bonchev–Trinajstić information content (AvgIpc) is 2.87. The van der Waals surface area contributed by atoms with Crippen LogP contribution in [0, 0.1) is 20.8 Å². The Kier molecular flexibility index (Phi) is 4.20. The zero-order valence-corrected chi connectivity index (χ0v) is 14.3. The molecule has 1 aliphatic heterocycles. The van der Waals surface area contributed by atoms with Crippen LogP contribution in [-0.2, 0) is 10.0 Å². The molecule has 3 heterocycles. The molecule has 8 heteroatoms. The molecule has 0 spiro atoms. The van der Waals surface area contributed by atoms with E-state index in [9.17, 15) is 8.42 Å². The molecular formula is C15H20N4O3S. The van der Waals surface area contributed by atoms with Crippen molar-refractivity contribution in [3.8, 4) is 0 Å². The minimum absolute atomic E-state index is 0.177. The normalized spacial score (nSPS) is 19.9. The largest absolute Gasteiger partial charge is 0.360 e. The molecule has 1 saturated heterocycles. The standard InChI is InChI=1S/C15H20N4O3S/c1-10-8-16-9-17-14(10)13-6-4-5-7-19(13)23(20,21)15-11(2)18-22-12(15)3/h8-9,13H,4-7H2,1-3H3. The number of rotatable bonds is 3. The number of sulfonamides is 1. The quantitative estimate of drug-likeness (QED) is 0.854. The van der Waals surface area contributed by atoms with E-state index >= 15 is 0 Å². The summed E-state index contributed by atoms with van der Waals surface area (Å²) in [6.07, 6.45) is 5.75. The molecule has 0 bridgehead atoms. The first-order valence-electron chi connectivity index (χ1n) is 7.64. The monoisotopic (exact) mass is 336 g/mol. The van der Waals surface area contributed by atoms with Gasteiger partial charge in [0.25, 0.3) is 0 Å². The lowest BCUT2D eigenvalue weighted by Crippen LogP contribution is -2.39. The Morgan fingerprint density at radius 3 is 2.70 bits per heavy atom. The smallest absolute Gasteiger partial charge is 0.249 e. The van der Waals surface area contributed by atoms with Crippen LogP contribution in [0.1, 0.15) is 48.0 Å². The fraction of sp³-hybridized carbons (Fsp3) is 0.533. The van der Waals surface area contributed by atoms with Gasteiger partial charge in [0.2, 0.25) is 10.0 Å². The van der Waals surface area contributed by atoms with Crippen LogP contribution in [0.15, 0.2) is 21.9 Å². The second-order valence-corrected chi connectivity index (χ2v) is 7.70. The highest BCUT2D eigenvalue weighted by molar-refractivity contribution is 7.89. The lowest BCUT2D eigenvalue weighted by Gasteiger charge is -2.34. The lowest BCUT2D eigenvalue weighted by molar-refractivity contribution is 0.250. The maximum atomic E-state index is 13.2. The summed E-state index contributed by atoms with van der Waals surface area (Å²) in [6.45, 7) is 5.66. The molecular weight excluding hydrogens is 316 g/mol. The van der Waals surface area contributed by atoms with Crippen molar-refractivity contribution in [3.05, 3.63) is 35.2 Å². The molecule has 1 fully saturated rings. The number of piperidine rings is 1. The van der Waals surface area contributed by atoms with Crippen molar-refractivity contribution in [2.45, 2.75) is 51.0 Å².